The molecule has 5 rings (SSSR count). The highest BCUT2D eigenvalue weighted by molar-refractivity contribution is 5.91. The molecule has 2 aliphatic heterocycles. The SMILES string of the molecule is COc1ccc2nc3c(nc2c1)O[C@H]1CN(C(=O)[C@H](C(C)(C)C)NC(=O)O[C@@H]2CC2CCCCC3)[C@H](C(=O)OC(C)(C)C)[C@@H]1CC(C)C. The Labute approximate surface area is 284 Å². The van der Waals surface area contributed by atoms with E-state index in [2.05, 4.69) is 19.2 Å². The molecule has 6 atom stereocenters. The number of methoxy groups -OCH3 is 1. The molecule has 1 aliphatic carbocycles. The second kappa shape index (κ2) is 14.1. The Hall–Kier alpha value is -3.63. The molecular formula is C37H54N4O7. The van der Waals surface area contributed by atoms with Crippen LogP contribution in [0.5, 0.6) is 11.6 Å². The molecule has 1 aromatic carbocycles. The van der Waals surface area contributed by atoms with Gasteiger partial charge in [-0.15, -0.1) is 0 Å². The van der Waals surface area contributed by atoms with Crippen LogP contribution in [0.15, 0.2) is 18.2 Å². The summed E-state index contributed by atoms with van der Waals surface area (Å²) in [7, 11) is 1.61. The third-order valence-corrected chi connectivity index (χ3v) is 9.42. The van der Waals surface area contributed by atoms with Gasteiger partial charge in [0.05, 0.1) is 24.7 Å². The maximum Gasteiger partial charge on any atom is 0.408 e. The van der Waals surface area contributed by atoms with E-state index in [1.54, 1.807) is 12.0 Å². The quantitative estimate of drug-likeness (QED) is 0.377. The van der Waals surface area contributed by atoms with Crippen LogP contribution in [0.1, 0.15) is 99.6 Å². The first kappa shape index (κ1) is 35.7. The summed E-state index contributed by atoms with van der Waals surface area (Å²) in [6.45, 7) is 15.4. The van der Waals surface area contributed by atoms with Crippen molar-refractivity contribution < 1.29 is 33.3 Å². The van der Waals surface area contributed by atoms with Gasteiger partial charge in [-0.05, 0) is 82.3 Å². The van der Waals surface area contributed by atoms with E-state index in [9.17, 15) is 14.4 Å². The number of nitrogens with one attached hydrogen (secondary N) is 1. The van der Waals surface area contributed by atoms with Crippen LogP contribution in [0.2, 0.25) is 0 Å². The van der Waals surface area contributed by atoms with Gasteiger partial charge in [-0.3, -0.25) is 4.79 Å². The van der Waals surface area contributed by atoms with Crippen molar-refractivity contribution in [2.24, 2.45) is 23.2 Å². The van der Waals surface area contributed by atoms with Crippen molar-refractivity contribution >= 4 is 29.0 Å². The van der Waals surface area contributed by atoms with E-state index in [1.807, 2.05) is 59.7 Å². The van der Waals surface area contributed by atoms with Crippen molar-refractivity contribution in [3.05, 3.63) is 23.9 Å². The number of nitrogens with zero attached hydrogens (tertiary/aromatic N) is 3. The first-order chi connectivity index (χ1) is 22.5. The van der Waals surface area contributed by atoms with Gasteiger partial charge < -0.3 is 29.2 Å². The number of esters is 1. The summed E-state index contributed by atoms with van der Waals surface area (Å²) < 4.78 is 24.0. The van der Waals surface area contributed by atoms with Gasteiger partial charge in [-0.1, -0.05) is 47.5 Å². The minimum atomic E-state index is -0.951. The van der Waals surface area contributed by atoms with Crippen molar-refractivity contribution in [3.8, 4) is 11.6 Å². The number of hydrogen-bond donors (Lipinski definition) is 1. The van der Waals surface area contributed by atoms with E-state index in [0.717, 1.165) is 43.3 Å². The molecule has 11 heteroatoms. The van der Waals surface area contributed by atoms with Gasteiger partial charge >= 0.3 is 12.1 Å². The summed E-state index contributed by atoms with van der Waals surface area (Å²) in [6.07, 6.45) is 4.62. The zero-order valence-corrected chi connectivity index (χ0v) is 30.1. The molecule has 11 nitrogen and oxygen atoms in total. The van der Waals surface area contributed by atoms with E-state index in [4.69, 9.17) is 28.9 Å². The molecule has 3 heterocycles. The predicted molar refractivity (Wildman–Crippen MR) is 182 cm³/mol. The van der Waals surface area contributed by atoms with Crippen LogP contribution in [0.25, 0.3) is 11.0 Å². The smallest absolute Gasteiger partial charge is 0.408 e. The fourth-order valence-electron chi connectivity index (χ4n) is 6.95. The molecule has 2 bridgehead atoms. The summed E-state index contributed by atoms with van der Waals surface area (Å²) in [5.41, 5.74) is 0.683. The maximum atomic E-state index is 14.6. The lowest BCUT2D eigenvalue weighted by molar-refractivity contribution is -0.165. The lowest BCUT2D eigenvalue weighted by Crippen LogP contribution is -2.58. The third kappa shape index (κ3) is 8.50. The summed E-state index contributed by atoms with van der Waals surface area (Å²) in [4.78, 5) is 53.4. The predicted octanol–water partition coefficient (Wildman–Crippen LogP) is 6.25. The minimum Gasteiger partial charge on any atom is -0.497 e. The number of fused-ring (bicyclic) bond motifs is 5. The third-order valence-electron chi connectivity index (χ3n) is 9.42. The number of aromatic nitrogens is 2. The number of rotatable bonds is 4. The topological polar surface area (TPSA) is 129 Å². The molecule has 48 heavy (non-hydrogen) atoms. The number of carbonyl (C=O) groups excluding carboxylic acids is 3. The van der Waals surface area contributed by atoms with Gasteiger partial charge in [0.15, 0.2) is 0 Å². The molecule has 3 aliphatic rings. The molecular weight excluding hydrogens is 612 g/mol. The molecule has 0 spiro atoms. The number of amides is 2. The molecule has 1 N–H and O–H groups in total. The van der Waals surface area contributed by atoms with Crippen LogP contribution in [-0.2, 0) is 25.5 Å². The monoisotopic (exact) mass is 666 g/mol. The average molecular weight is 667 g/mol. The summed E-state index contributed by atoms with van der Waals surface area (Å²) >= 11 is 0. The number of carbonyl (C=O) groups is 3. The Kier molecular flexibility index (Phi) is 10.5. The minimum absolute atomic E-state index is 0.116. The van der Waals surface area contributed by atoms with Gasteiger partial charge in [-0.2, -0.15) is 0 Å². The van der Waals surface area contributed by atoms with Gasteiger partial charge in [0.1, 0.15) is 41.3 Å². The van der Waals surface area contributed by atoms with E-state index in [0.29, 0.717) is 35.9 Å². The number of aryl methyl sites for hydroxylation is 1. The summed E-state index contributed by atoms with van der Waals surface area (Å²) in [5, 5.41) is 2.88. The van der Waals surface area contributed by atoms with Crippen molar-refractivity contribution in [1.29, 1.82) is 0 Å². The highest BCUT2D eigenvalue weighted by atomic mass is 16.6. The molecule has 264 valence electrons. The van der Waals surface area contributed by atoms with Crippen LogP contribution in [0, 0.1) is 23.2 Å². The number of ether oxygens (including phenoxy) is 4. The fraction of sp³-hybridized carbons (Fsp3) is 0.703. The van der Waals surface area contributed by atoms with Gasteiger partial charge in [-0.25, -0.2) is 19.6 Å². The molecule has 1 aromatic heterocycles. The van der Waals surface area contributed by atoms with Crippen LogP contribution >= 0.6 is 0 Å². The molecule has 2 aromatic rings. The first-order valence-corrected chi connectivity index (χ1v) is 17.6. The fourth-order valence-corrected chi connectivity index (χ4v) is 6.95. The van der Waals surface area contributed by atoms with Crippen LogP contribution in [-0.4, -0.2) is 76.4 Å². The molecule has 1 saturated carbocycles. The zero-order chi connectivity index (χ0) is 35.0. The Balaban J connectivity index is 1.60. The number of alkyl carbamates (subject to hydrolysis) is 1. The Bertz CT molecular complexity index is 1500. The highest BCUT2D eigenvalue weighted by Gasteiger charge is 2.53. The lowest BCUT2D eigenvalue weighted by atomic mass is 9.85. The first-order valence-electron chi connectivity index (χ1n) is 17.6. The van der Waals surface area contributed by atoms with Crippen molar-refractivity contribution in [2.45, 2.75) is 130 Å². The summed E-state index contributed by atoms with van der Waals surface area (Å²) in [5.74, 6) is 0.301. The van der Waals surface area contributed by atoms with Crippen LogP contribution in [0.4, 0.5) is 4.79 Å². The molecule has 1 saturated heterocycles. The molecule has 1 unspecified atom stereocenters. The number of hydrogen-bond acceptors (Lipinski definition) is 9. The highest BCUT2D eigenvalue weighted by Crippen LogP contribution is 2.40. The summed E-state index contributed by atoms with van der Waals surface area (Å²) in [6, 6.07) is 3.72. The van der Waals surface area contributed by atoms with Crippen molar-refractivity contribution in [3.63, 3.8) is 0 Å². The van der Waals surface area contributed by atoms with Crippen molar-refractivity contribution in [1.82, 2.24) is 20.2 Å². The molecule has 2 amide bonds. The van der Waals surface area contributed by atoms with Crippen LogP contribution in [0.3, 0.4) is 0 Å². The van der Waals surface area contributed by atoms with E-state index < -0.39 is 47.2 Å². The largest absolute Gasteiger partial charge is 0.497 e. The Morgan fingerprint density at radius 1 is 1.02 bits per heavy atom. The van der Waals surface area contributed by atoms with Crippen molar-refractivity contribution in [2.75, 3.05) is 13.7 Å². The Morgan fingerprint density at radius 3 is 2.44 bits per heavy atom. The lowest BCUT2D eigenvalue weighted by Gasteiger charge is -2.36. The average Bonchev–Trinajstić information content (AvgIpc) is 3.62. The van der Waals surface area contributed by atoms with Gasteiger partial charge in [0, 0.05) is 12.0 Å². The second-order valence-corrected chi connectivity index (χ2v) is 16.2. The van der Waals surface area contributed by atoms with Gasteiger partial charge in [0.2, 0.25) is 11.8 Å². The van der Waals surface area contributed by atoms with E-state index in [1.165, 1.54) is 0 Å². The Morgan fingerprint density at radius 2 is 1.77 bits per heavy atom. The molecule has 0 radical (unpaired) electrons. The maximum absolute atomic E-state index is 14.6. The number of benzene rings is 1. The zero-order valence-electron chi connectivity index (χ0n) is 30.1. The second-order valence-electron chi connectivity index (χ2n) is 16.2. The van der Waals surface area contributed by atoms with Crippen LogP contribution < -0.4 is 14.8 Å². The normalized spacial score (nSPS) is 27.2. The standard InChI is InChI=1S/C37H54N4O7/c1-21(2)17-24-29-20-41(30(24)34(43)48-37(6,7)8)33(42)31(36(3,4)5)40-35(44)47-28-18-22(28)13-11-10-12-14-26-32(46-29)39-27-19-23(45-9)15-16-25(27)38-26/h15-16,19,21-22,24,28-31H,10-14,17-18,20H2,1-9H3,(H,40,44)/t22?,24-,28-,29+,30+,31-/m1/s1. The molecule has 2 fully saturated rings. The van der Waals surface area contributed by atoms with Gasteiger partial charge in [0.25, 0.3) is 0 Å². The van der Waals surface area contributed by atoms with E-state index >= 15 is 0 Å². The van der Waals surface area contributed by atoms with E-state index in [-0.39, 0.29) is 24.5 Å².